The fraction of sp³-hybridized carbons (Fsp3) is 0.333. The second kappa shape index (κ2) is 8.20. The molecule has 0 bridgehead atoms. The SMILES string of the molecule is Cc1cc(-c2c(-c3ccccc3)[nH+]c(N)n3c(=O)n(CC4CCOCC4)nc23)cc(C)n1. The van der Waals surface area contributed by atoms with Crippen molar-refractivity contribution >= 4 is 11.6 Å². The van der Waals surface area contributed by atoms with E-state index in [1.165, 1.54) is 4.40 Å². The number of nitrogen functional groups attached to an aromatic ring is 1. The Balaban J connectivity index is 1.77. The highest BCUT2D eigenvalue weighted by molar-refractivity contribution is 5.88. The summed E-state index contributed by atoms with van der Waals surface area (Å²) in [5.74, 6) is 0.618. The van der Waals surface area contributed by atoms with Gasteiger partial charge < -0.3 is 4.74 Å². The van der Waals surface area contributed by atoms with E-state index in [4.69, 9.17) is 15.6 Å². The zero-order valence-electron chi connectivity index (χ0n) is 18.3. The predicted octanol–water partition coefficient (Wildman–Crippen LogP) is 2.66. The maximum absolute atomic E-state index is 13.3. The summed E-state index contributed by atoms with van der Waals surface area (Å²) in [6.07, 6.45) is 1.85. The quantitative estimate of drug-likeness (QED) is 0.535. The summed E-state index contributed by atoms with van der Waals surface area (Å²) < 4.78 is 8.49. The van der Waals surface area contributed by atoms with E-state index in [0.29, 0.717) is 18.1 Å². The number of aromatic amines is 1. The summed E-state index contributed by atoms with van der Waals surface area (Å²) in [5, 5.41) is 4.79. The average Bonchev–Trinajstić information content (AvgIpc) is 3.10. The van der Waals surface area contributed by atoms with Crippen LogP contribution in [0.25, 0.3) is 28.0 Å². The number of pyridine rings is 1. The van der Waals surface area contributed by atoms with E-state index in [-0.39, 0.29) is 11.6 Å². The molecule has 0 radical (unpaired) electrons. The van der Waals surface area contributed by atoms with Crippen LogP contribution in [0.5, 0.6) is 0 Å². The number of fused-ring (bicyclic) bond motifs is 1. The van der Waals surface area contributed by atoms with Crippen molar-refractivity contribution in [1.29, 1.82) is 0 Å². The van der Waals surface area contributed by atoms with E-state index < -0.39 is 0 Å². The Labute approximate surface area is 185 Å². The van der Waals surface area contributed by atoms with Crippen molar-refractivity contribution in [2.75, 3.05) is 18.9 Å². The first-order valence-corrected chi connectivity index (χ1v) is 10.9. The Morgan fingerprint density at radius 1 is 1.09 bits per heavy atom. The Bertz CT molecular complexity index is 1320. The Morgan fingerprint density at radius 3 is 2.47 bits per heavy atom. The van der Waals surface area contributed by atoms with Crippen molar-refractivity contribution in [3.8, 4) is 22.4 Å². The van der Waals surface area contributed by atoms with Crippen LogP contribution in [0.3, 0.4) is 0 Å². The number of hydrogen-bond donors (Lipinski definition) is 1. The molecule has 1 aliphatic heterocycles. The highest BCUT2D eigenvalue weighted by Crippen LogP contribution is 2.33. The minimum atomic E-state index is -0.233. The van der Waals surface area contributed by atoms with Crippen LogP contribution in [0.4, 0.5) is 5.95 Å². The molecular formula is C24H27N6O2+. The number of aryl methyl sites for hydroxylation is 2. The molecule has 1 fully saturated rings. The molecule has 164 valence electrons. The van der Waals surface area contributed by atoms with E-state index in [1.54, 1.807) is 4.68 Å². The molecule has 8 nitrogen and oxygen atoms in total. The monoisotopic (exact) mass is 431 g/mol. The first kappa shape index (κ1) is 20.4. The zero-order chi connectivity index (χ0) is 22.2. The van der Waals surface area contributed by atoms with Crippen LogP contribution in [-0.4, -0.2) is 32.4 Å². The van der Waals surface area contributed by atoms with Crippen molar-refractivity contribution in [2.24, 2.45) is 5.92 Å². The largest absolute Gasteiger partial charge is 0.411 e. The van der Waals surface area contributed by atoms with Crippen molar-refractivity contribution in [1.82, 2.24) is 19.2 Å². The third kappa shape index (κ3) is 3.67. The standard InChI is InChI=1S/C24H26N6O2/c1-15-12-19(13-16(2)26-15)20-21(18-6-4-3-5-7-18)27-23(25)30-22(20)28-29(24(30)31)14-17-8-10-32-11-9-17/h3-7,12-13,17H,8-11,14H2,1-2H3,(H2,25,27)/p+1. The lowest BCUT2D eigenvalue weighted by molar-refractivity contribution is -0.351. The molecule has 4 heterocycles. The van der Waals surface area contributed by atoms with Crippen molar-refractivity contribution in [3.63, 3.8) is 0 Å². The number of rotatable bonds is 4. The Kier molecular flexibility index (Phi) is 5.22. The van der Waals surface area contributed by atoms with Gasteiger partial charge in [-0.15, -0.1) is 9.50 Å². The topological polar surface area (TPSA) is 102 Å². The van der Waals surface area contributed by atoms with Gasteiger partial charge in [-0.3, -0.25) is 10.7 Å². The van der Waals surface area contributed by atoms with E-state index >= 15 is 0 Å². The van der Waals surface area contributed by atoms with Gasteiger partial charge in [0.1, 0.15) is 5.69 Å². The molecule has 0 amide bonds. The third-order valence-corrected chi connectivity index (χ3v) is 6.01. The number of ether oxygens (including phenoxy) is 1. The second-order valence-electron chi connectivity index (χ2n) is 8.44. The van der Waals surface area contributed by atoms with Crippen molar-refractivity contribution in [2.45, 2.75) is 33.2 Å². The van der Waals surface area contributed by atoms with Gasteiger partial charge >= 0.3 is 11.6 Å². The lowest BCUT2D eigenvalue weighted by Gasteiger charge is -2.20. The lowest BCUT2D eigenvalue weighted by atomic mass is 9.99. The van der Waals surface area contributed by atoms with Crippen molar-refractivity contribution < 1.29 is 9.72 Å². The van der Waals surface area contributed by atoms with Gasteiger partial charge in [-0.05, 0) is 50.3 Å². The Hall–Kier alpha value is -3.52. The molecule has 32 heavy (non-hydrogen) atoms. The molecular weight excluding hydrogens is 404 g/mol. The van der Waals surface area contributed by atoms with Crippen molar-refractivity contribution in [3.05, 3.63) is 64.3 Å². The predicted molar refractivity (Wildman–Crippen MR) is 122 cm³/mol. The van der Waals surface area contributed by atoms with Gasteiger partial charge in [-0.2, -0.15) is 4.68 Å². The molecule has 0 unspecified atom stereocenters. The van der Waals surface area contributed by atoms with E-state index in [1.807, 2.05) is 56.3 Å². The van der Waals surface area contributed by atoms with E-state index in [0.717, 1.165) is 59.8 Å². The molecule has 1 aliphatic rings. The number of H-pyrrole nitrogens is 1. The number of nitrogens with two attached hydrogens (primary N) is 1. The minimum absolute atomic E-state index is 0.233. The normalized spacial score (nSPS) is 14.8. The summed E-state index contributed by atoms with van der Waals surface area (Å²) in [7, 11) is 0. The van der Waals surface area contributed by atoms with Crippen LogP contribution in [0.2, 0.25) is 0 Å². The van der Waals surface area contributed by atoms with Gasteiger partial charge in [0.15, 0.2) is 0 Å². The fourth-order valence-corrected chi connectivity index (χ4v) is 4.51. The van der Waals surface area contributed by atoms with Crippen LogP contribution in [0, 0.1) is 19.8 Å². The second-order valence-corrected chi connectivity index (χ2v) is 8.44. The molecule has 5 rings (SSSR count). The maximum atomic E-state index is 13.3. The average molecular weight is 432 g/mol. The third-order valence-electron chi connectivity index (χ3n) is 6.01. The molecule has 8 heteroatoms. The van der Waals surface area contributed by atoms with Gasteiger partial charge in [0.05, 0.1) is 12.1 Å². The van der Waals surface area contributed by atoms with Gasteiger partial charge in [0.2, 0.25) is 5.65 Å². The number of nitrogens with one attached hydrogen (secondary N) is 1. The smallest absolute Gasteiger partial charge is 0.381 e. The number of benzene rings is 1. The maximum Gasteiger partial charge on any atom is 0.411 e. The van der Waals surface area contributed by atoms with Crippen LogP contribution in [-0.2, 0) is 11.3 Å². The molecule has 0 aliphatic carbocycles. The molecule has 3 N–H and O–H groups in total. The van der Waals surface area contributed by atoms with Crippen LogP contribution < -0.4 is 16.4 Å². The summed E-state index contributed by atoms with van der Waals surface area (Å²) >= 11 is 0. The highest BCUT2D eigenvalue weighted by atomic mass is 16.5. The van der Waals surface area contributed by atoms with Crippen LogP contribution in [0.15, 0.2) is 47.3 Å². The molecule has 0 spiro atoms. The highest BCUT2D eigenvalue weighted by Gasteiger charge is 2.27. The zero-order valence-corrected chi connectivity index (χ0v) is 18.3. The molecule has 1 saturated heterocycles. The number of hydrogen-bond acceptors (Lipinski definition) is 5. The summed E-state index contributed by atoms with van der Waals surface area (Å²) in [4.78, 5) is 21.1. The summed E-state index contributed by atoms with van der Waals surface area (Å²) in [6.45, 7) is 5.93. The molecule has 0 atom stereocenters. The minimum Gasteiger partial charge on any atom is -0.381 e. The number of nitrogens with zero attached hydrogens (tertiary/aromatic N) is 4. The van der Waals surface area contributed by atoms with Gasteiger partial charge in [0.25, 0.3) is 0 Å². The molecule has 3 aromatic heterocycles. The molecule has 0 saturated carbocycles. The molecule has 4 aromatic rings. The van der Waals surface area contributed by atoms with E-state index in [2.05, 4.69) is 9.97 Å². The van der Waals surface area contributed by atoms with E-state index in [9.17, 15) is 4.79 Å². The summed E-state index contributed by atoms with van der Waals surface area (Å²) in [5.41, 5.74) is 12.1. The number of anilines is 1. The van der Waals surface area contributed by atoms with Crippen LogP contribution in [0.1, 0.15) is 24.2 Å². The fourth-order valence-electron chi connectivity index (χ4n) is 4.51. The molecule has 1 aromatic carbocycles. The van der Waals surface area contributed by atoms with Crippen LogP contribution >= 0.6 is 0 Å². The first-order chi connectivity index (χ1) is 15.5. The van der Waals surface area contributed by atoms with Gasteiger partial charge in [0, 0.05) is 30.2 Å². The number of aromatic nitrogens is 5. The lowest BCUT2D eigenvalue weighted by Crippen LogP contribution is -2.30. The Morgan fingerprint density at radius 2 is 1.78 bits per heavy atom. The first-order valence-electron chi connectivity index (χ1n) is 10.9. The summed E-state index contributed by atoms with van der Waals surface area (Å²) in [6, 6.07) is 14.0. The van der Waals surface area contributed by atoms with Gasteiger partial charge in [-0.25, -0.2) is 9.78 Å². The van der Waals surface area contributed by atoms with Gasteiger partial charge in [-0.1, -0.05) is 30.3 Å².